The molecular weight excluding hydrogens is 398 g/mol. The van der Waals surface area contributed by atoms with Crippen LogP contribution in [0.1, 0.15) is 79.3 Å². The molecule has 4 heteroatoms. The molecule has 0 bridgehead atoms. The molecule has 0 saturated carbocycles. The Morgan fingerprint density at radius 3 is 2.09 bits per heavy atom. The molecule has 32 heavy (non-hydrogen) atoms. The van der Waals surface area contributed by atoms with E-state index in [0.717, 1.165) is 18.4 Å². The zero-order valence-corrected chi connectivity index (χ0v) is 19.7. The first-order chi connectivity index (χ1) is 14.9. The number of hydrogen-bond donors (Lipinski definition) is 1. The van der Waals surface area contributed by atoms with Crippen molar-refractivity contribution in [2.75, 3.05) is 13.1 Å². The van der Waals surface area contributed by atoms with Crippen molar-refractivity contribution in [1.29, 1.82) is 0 Å². The van der Waals surface area contributed by atoms with Gasteiger partial charge < -0.3 is 10.0 Å². The molecule has 1 saturated heterocycles. The van der Waals surface area contributed by atoms with Crippen molar-refractivity contribution in [3.8, 4) is 11.8 Å². The van der Waals surface area contributed by atoms with Crippen LogP contribution >= 0.6 is 0 Å². The summed E-state index contributed by atoms with van der Waals surface area (Å²) in [5, 5.41) is 9.73. The highest BCUT2D eigenvalue weighted by Gasteiger charge is 2.29. The van der Waals surface area contributed by atoms with Crippen LogP contribution in [0, 0.1) is 17.8 Å². The molecule has 0 unspecified atom stereocenters. The molecule has 1 amide bonds. The number of likely N-dealkylation sites (tertiary alicyclic amines) is 1. The molecule has 1 heterocycles. The van der Waals surface area contributed by atoms with Gasteiger partial charge in [-0.1, -0.05) is 56.9 Å². The number of benzene rings is 2. The highest BCUT2D eigenvalue weighted by molar-refractivity contribution is 5.99. The van der Waals surface area contributed by atoms with Gasteiger partial charge in [0.25, 0.3) is 5.91 Å². The van der Waals surface area contributed by atoms with Crippen LogP contribution in [-0.2, 0) is 5.41 Å². The Morgan fingerprint density at radius 2 is 1.53 bits per heavy atom. The van der Waals surface area contributed by atoms with Crippen LogP contribution in [0.5, 0.6) is 0 Å². The first-order valence-corrected chi connectivity index (χ1v) is 11.2. The Labute approximate surface area is 191 Å². The first-order valence-electron chi connectivity index (χ1n) is 11.2. The molecule has 4 nitrogen and oxygen atoms in total. The zero-order chi connectivity index (χ0) is 23.5. The van der Waals surface area contributed by atoms with Crippen molar-refractivity contribution >= 4 is 11.7 Å². The lowest BCUT2D eigenvalue weighted by Gasteiger charge is -2.32. The lowest BCUT2D eigenvalue weighted by molar-refractivity contribution is 0.0637. The lowest BCUT2D eigenvalue weighted by atomic mass is 9.85. The number of nitrogens with zero attached hydrogens (tertiary/aromatic N) is 1. The molecule has 168 valence electrons. The number of Topliss-reactive ketones (excluding diaryl/α,β-unsaturated/α-hetero) is 1. The molecule has 1 N–H and O–H groups in total. The van der Waals surface area contributed by atoms with Crippen molar-refractivity contribution in [2.45, 2.75) is 58.5 Å². The van der Waals surface area contributed by atoms with E-state index in [1.165, 1.54) is 5.56 Å². The number of ketones is 1. The first kappa shape index (κ1) is 23.8. The van der Waals surface area contributed by atoms with E-state index in [1.54, 1.807) is 43.0 Å². The summed E-state index contributed by atoms with van der Waals surface area (Å²) in [6.45, 7) is 10.8. The van der Waals surface area contributed by atoms with E-state index in [0.29, 0.717) is 24.2 Å². The maximum atomic E-state index is 13.1. The van der Waals surface area contributed by atoms with Gasteiger partial charge in [0.1, 0.15) is 5.60 Å². The molecule has 1 aliphatic heterocycles. The fourth-order valence-electron chi connectivity index (χ4n) is 3.85. The van der Waals surface area contributed by atoms with Crippen LogP contribution in [0.4, 0.5) is 0 Å². The van der Waals surface area contributed by atoms with Gasteiger partial charge in [-0.15, -0.1) is 0 Å². The normalized spacial score (nSPS) is 16.8. The van der Waals surface area contributed by atoms with E-state index >= 15 is 0 Å². The SMILES string of the molecule is CC(C)(O)C#Cc1ccc(C(=O)N2CCC[C@@H](C(=O)c3ccc(C(C)(C)C)cc3)C2)cc1. The van der Waals surface area contributed by atoms with Crippen molar-refractivity contribution in [3.05, 3.63) is 70.8 Å². The van der Waals surface area contributed by atoms with Crippen LogP contribution in [0.3, 0.4) is 0 Å². The lowest BCUT2D eigenvalue weighted by Crippen LogP contribution is -2.42. The largest absolute Gasteiger partial charge is 0.378 e. The van der Waals surface area contributed by atoms with Crippen molar-refractivity contribution < 1.29 is 14.7 Å². The van der Waals surface area contributed by atoms with E-state index in [-0.39, 0.29) is 23.0 Å². The molecule has 2 aromatic rings. The molecule has 0 aliphatic carbocycles. The van der Waals surface area contributed by atoms with Crippen LogP contribution < -0.4 is 0 Å². The fraction of sp³-hybridized carbons (Fsp3) is 0.429. The Kier molecular flexibility index (Phi) is 6.91. The summed E-state index contributed by atoms with van der Waals surface area (Å²) in [5.41, 5.74) is 2.23. The summed E-state index contributed by atoms with van der Waals surface area (Å²) in [6, 6.07) is 15.0. The summed E-state index contributed by atoms with van der Waals surface area (Å²) < 4.78 is 0. The summed E-state index contributed by atoms with van der Waals surface area (Å²) in [4.78, 5) is 27.9. The number of rotatable bonds is 3. The van der Waals surface area contributed by atoms with E-state index in [1.807, 2.05) is 24.3 Å². The second-order valence-electron chi connectivity index (χ2n) is 10.2. The molecule has 0 radical (unpaired) electrons. The van der Waals surface area contributed by atoms with Gasteiger partial charge in [-0.05, 0) is 61.9 Å². The van der Waals surface area contributed by atoms with E-state index in [4.69, 9.17) is 0 Å². The van der Waals surface area contributed by atoms with Gasteiger partial charge in [-0.3, -0.25) is 9.59 Å². The Morgan fingerprint density at radius 1 is 0.938 bits per heavy atom. The molecule has 2 aromatic carbocycles. The minimum absolute atomic E-state index is 0.0467. The van der Waals surface area contributed by atoms with Crippen molar-refractivity contribution in [2.24, 2.45) is 5.92 Å². The van der Waals surface area contributed by atoms with Crippen LogP contribution in [0.15, 0.2) is 48.5 Å². The van der Waals surface area contributed by atoms with Gasteiger partial charge >= 0.3 is 0 Å². The van der Waals surface area contributed by atoms with E-state index < -0.39 is 5.60 Å². The molecule has 1 atom stereocenters. The van der Waals surface area contributed by atoms with E-state index in [9.17, 15) is 14.7 Å². The number of carbonyl (C=O) groups excluding carboxylic acids is 2. The Hall–Kier alpha value is -2.90. The molecule has 3 rings (SSSR count). The van der Waals surface area contributed by atoms with Gasteiger partial charge in [-0.2, -0.15) is 0 Å². The van der Waals surface area contributed by atoms with Crippen LogP contribution in [0.2, 0.25) is 0 Å². The van der Waals surface area contributed by atoms with Gasteiger partial charge in [0.15, 0.2) is 5.78 Å². The zero-order valence-electron chi connectivity index (χ0n) is 19.7. The molecular formula is C28H33NO3. The average molecular weight is 432 g/mol. The van der Waals surface area contributed by atoms with Gasteiger partial charge in [0.05, 0.1) is 0 Å². The number of carbonyl (C=O) groups is 2. The number of aliphatic hydroxyl groups is 1. The summed E-state index contributed by atoms with van der Waals surface area (Å²) >= 11 is 0. The van der Waals surface area contributed by atoms with Crippen LogP contribution in [0.25, 0.3) is 0 Å². The standard InChI is InChI=1S/C28H33NO3/c1-27(2,3)24-14-12-21(13-15-24)25(30)23-7-6-18-29(19-23)26(31)22-10-8-20(9-11-22)16-17-28(4,5)32/h8-15,23,32H,6-7,18-19H2,1-5H3/t23-/m1/s1. The Bertz CT molecular complexity index is 1030. The maximum Gasteiger partial charge on any atom is 0.253 e. The third-order valence-electron chi connectivity index (χ3n) is 5.76. The maximum absolute atomic E-state index is 13.1. The highest BCUT2D eigenvalue weighted by Crippen LogP contribution is 2.26. The predicted octanol–water partition coefficient (Wildman–Crippen LogP) is 4.84. The third kappa shape index (κ3) is 6.08. The highest BCUT2D eigenvalue weighted by atomic mass is 16.3. The number of piperidine rings is 1. The topological polar surface area (TPSA) is 57.6 Å². The second-order valence-corrected chi connectivity index (χ2v) is 10.2. The second kappa shape index (κ2) is 9.30. The van der Waals surface area contributed by atoms with Crippen molar-refractivity contribution in [3.63, 3.8) is 0 Å². The van der Waals surface area contributed by atoms with Gasteiger partial charge in [0.2, 0.25) is 0 Å². The summed E-state index contributed by atoms with van der Waals surface area (Å²) in [6.07, 6.45) is 1.62. The number of amides is 1. The Balaban J connectivity index is 1.68. The van der Waals surface area contributed by atoms with Gasteiger partial charge in [-0.25, -0.2) is 0 Å². The monoisotopic (exact) mass is 431 g/mol. The quantitative estimate of drug-likeness (QED) is 0.559. The number of hydrogen-bond acceptors (Lipinski definition) is 3. The van der Waals surface area contributed by atoms with Crippen LogP contribution in [-0.4, -0.2) is 40.4 Å². The third-order valence-corrected chi connectivity index (χ3v) is 5.76. The summed E-state index contributed by atoms with van der Waals surface area (Å²) in [7, 11) is 0. The molecule has 1 aliphatic rings. The minimum atomic E-state index is -1.06. The summed E-state index contributed by atoms with van der Waals surface area (Å²) in [5.74, 6) is 5.56. The van der Waals surface area contributed by atoms with Crippen molar-refractivity contribution in [1.82, 2.24) is 4.90 Å². The van der Waals surface area contributed by atoms with E-state index in [2.05, 4.69) is 32.6 Å². The molecule has 0 spiro atoms. The minimum Gasteiger partial charge on any atom is -0.378 e. The predicted molar refractivity (Wildman–Crippen MR) is 128 cm³/mol. The average Bonchev–Trinajstić information content (AvgIpc) is 2.76. The molecule has 0 aromatic heterocycles. The van der Waals surface area contributed by atoms with Gasteiger partial charge in [0, 0.05) is 35.7 Å². The smallest absolute Gasteiger partial charge is 0.253 e. The molecule has 1 fully saturated rings. The fourth-order valence-corrected chi connectivity index (χ4v) is 3.85.